The highest BCUT2D eigenvalue weighted by Gasteiger charge is 2.04. The van der Waals surface area contributed by atoms with Crippen molar-refractivity contribution in [2.24, 2.45) is 0 Å². The van der Waals surface area contributed by atoms with Gasteiger partial charge in [0.15, 0.2) is 0 Å². The minimum absolute atomic E-state index is 0.616. The number of hydrogen-bond donors (Lipinski definition) is 0. The zero-order valence-electron chi connectivity index (χ0n) is 6.86. The third kappa shape index (κ3) is 1.84. The molecule has 2 rings (SSSR count). The minimum Gasteiger partial charge on any atom is -0.262 e. The van der Waals surface area contributed by atoms with Crippen LogP contribution in [0.15, 0.2) is 18.5 Å². The van der Waals surface area contributed by atoms with E-state index in [-0.39, 0.29) is 0 Å². The molecule has 0 unspecified atom stereocenters. The Labute approximate surface area is 84.4 Å². The molecule has 0 aliphatic rings. The lowest BCUT2D eigenvalue weighted by Gasteiger charge is -1.93. The van der Waals surface area contributed by atoms with E-state index in [2.05, 4.69) is 15.2 Å². The second-order valence-electron chi connectivity index (χ2n) is 2.52. The lowest BCUT2D eigenvalue weighted by Crippen LogP contribution is -1.78. The van der Waals surface area contributed by atoms with Crippen LogP contribution in [0.2, 0.25) is 5.02 Å². The summed E-state index contributed by atoms with van der Waals surface area (Å²) in [5.41, 5.74) is 0.915. The molecule has 0 aliphatic carbocycles. The van der Waals surface area contributed by atoms with Crippen molar-refractivity contribution in [1.82, 2.24) is 15.2 Å². The van der Waals surface area contributed by atoms with E-state index < -0.39 is 0 Å². The van der Waals surface area contributed by atoms with Crippen LogP contribution in [0.5, 0.6) is 0 Å². The summed E-state index contributed by atoms with van der Waals surface area (Å²) in [7, 11) is 0. The Morgan fingerprint density at radius 2 is 2.15 bits per heavy atom. The molecule has 3 nitrogen and oxygen atoms in total. The molecule has 0 aliphatic heterocycles. The Morgan fingerprint density at radius 3 is 2.77 bits per heavy atom. The van der Waals surface area contributed by atoms with Gasteiger partial charge in [-0.3, -0.25) is 4.98 Å². The molecular formula is C8H6ClN3S. The number of rotatable bonds is 1. The van der Waals surface area contributed by atoms with Crippen LogP contribution in [0, 0.1) is 6.92 Å². The van der Waals surface area contributed by atoms with Crippen molar-refractivity contribution >= 4 is 22.9 Å². The van der Waals surface area contributed by atoms with E-state index in [4.69, 9.17) is 11.6 Å². The number of hydrogen-bond acceptors (Lipinski definition) is 4. The molecule has 0 N–H and O–H groups in total. The fourth-order valence-electron chi connectivity index (χ4n) is 0.942. The molecule has 0 fully saturated rings. The van der Waals surface area contributed by atoms with Gasteiger partial charge in [0, 0.05) is 18.0 Å². The van der Waals surface area contributed by atoms with Gasteiger partial charge in [-0.05, 0) is 13.0 Å². The van der Waals surface area contributed by atoms with E-state index in [0.717, 1.165) is 15.6 Å². The Morgan fingerprint density at radius 1 is 1.31 bits per heavy atom. The second kappa shape index (κ2) is 3.40. The van der Waals surface area contributed by atoms with E-state index in [1.165, 1.54) is 11.3 Å². The summed E-state index contributed by atoms with van der Waals surface area (Å²) in [6.07, 6.45) is 3.32. The molecular weight excluding hydrogens is 206 g/mol. The minimum atomic E-state index is 0.616. The first-order chi connectivity index (χ1) is 6.25. The molecule has 5 heteroatoms. The van der Waals surface area contributed by atoms with Crippen molar-refractivity contribution in [1.29, 1.82) is 0 Å². The normalized spacial score (nSPS) is 10.3. The van der Waals surface area contributed by atoms with Gasteiger partial charge in [0.2, 0.25) is 0 Å². The largest absolute Gasteiger partial charge is 0.262 e. The van der Waals surface area contributed by atoms with E-state index in [1.54, 1.807) is 12.4 Å². The highest BCUT2D eigenvalue weighted by molar-refractivity contribution is 7.14. The molecule has 0 saturated carbocycles. The third-order valence-electron chi connectivity index (χ3n) is 1.48. The average Bonchev–Trinajstić information content (AvgIpc) is 2.52. The van der Waals surface area contributed by atoms with Crippen LogP contribution in [0.25, 0.3) is 10.6 Å². The lowest BCUT2D eigenvalue weighted by atomic mass is 10.3. The van der Waals surface area contributed by atoms with E-state index in [1.807, 2.05) is 13.0 Å². The second-order valence-corrected chi connectivity index (χ2v) is 4.14. The van der Waals surface area contributed by atoms with Gasteiger partial charge >= 0.3 is 0 Å². The van der Waals surface area contributed by atoms with Crippen LogP contribution in [0.4, 0.5) is 0 Å². The van der Waals surface area contributed by atoms with Gasteiger partial charge in [-0.1, -0.05) is 22.9 Å². The van der Waals surface area contributed by atoms with Crippen molar-refractivity contribution < 1.29 is 0 Å². The third-order valence-corrected chi connectivity index (χ3v) is 2.57. The van der Waals surface area contributed by atoms with E-state index >= 15 is 0 Å². The molecule has 0 amide bonds. The lowest BCUT2D eigenvalue weighted by molar-refractivity contribution is 1.05. The Hall–Kier alpha value is -1.000. The Kier molecular flexibility index (Phi) is 2.24. The summed E-state index contributed by atoms with van der Waals surface area (Å²) < 4.78 is 0. The van der Waals surface area contributed by atoms with Crippen LogP contribution in [-0.2, 0) is 0 Å². The standard InChI is InChI=1S/C8H6ClN3S/c1-5-11-12-8(13-5)6-2-7(9)4-10-3-6/h2-4H,1H3. The molecule has 2 aromatic heterocycles. The van der Waals surface area contributed by atoms with Gasteiger partial charge < -0.3 is 0 Å². The van der Waals surface area contributed by atoms with Crippen molar-refractivity contribution in [3.05, 3.63) is 28.5 Å². The quantitative estimate of drug-likeness (QED) is 0.728. The molecule has 2 heterocycles. The molecule has 0 radical (unpaired) electrons. The first kappa shape index (κ1) is 8.59. The fraction of sp³-hybridized carbons (Fsp3) is 0.125. The number of pyridine rings is 1. The highest BCUT2D eigenvalue weighted by atomic mass is 35.5. The van der Waals surface area contributed by atoms with E-state index in [9.17, 15) is 0 Å². The average molecular weight is 212 g/mol. The topological polar surface area (TPSA) is 38.7 Å². The zero-order valence-corrected chi connectivity index (χ0v) is 8.43. The van der Waals surface area contributed by atoms with Crippen molar-refractivity contribution in [2.45, 2.75) is 6.92 Å². The summed E-state index contributed by atoms with van der Waals surface area (Å²) in [4.78, 5) is 3.98. The van der Waals surface area contributed by atoms with E-state index in [0.29, 0.717) is 5.02 Å². The van der Waals surface area contributed by atoms with Crippen LogP contribution in [-0.4, -0.2) is 15.2 Å². The predicted molar refractivity (Wildman–Crippen MR) is 52.9 cm³/mol. The maximum Gasteiger partial charge on any atom is 0.149 e. The number of nitrogens with zero attached hydrogens (tertiary/aromatic N) is 3. The van der Waals surface area contributed by atoms with Gasteiger partial charge in [0.05, 0.1) is 5.02 Å². The predicted octanol–water partition coefficient (Wildman–Crippen LogP) is 2.56. The van der Waals surface area contributed by atoms with Crippen LogP contribution >= 0.6 is 22.9 Å². The fourth-order valence-corrected chi connectivity index (χ4v) is 1.79. The molecule has 2 aromatic rings. The van der Waals surface area contributed by atoms with Gasteiger partial charge in [-0.2, -0.15) is 0 Å². The molecule has 0 atom stereocenters. The van der Waals surface area contributed by atoms with Crippen molar-refractivity contribution in [3.63, 3.8) is 0 Å². The summed E-state index contributed by atoms with van der Waals surface area (Å²) in [5, 5.41) is 10.3. The number of halogens is 1. The maximum atomic E-state index is 5.80. The summed E-state index contributed by atoms with van der Waals surface area (Å²) in [5.74, 6) is 0. The van der Waals surface area contributed by atoms with Gasteiger partial charge in [0.25, 0.3) is 0 Å². The highest BCUT2D eigenvalue weighted by Crippen LogP contribution is 2.24. The van der Waals surface area contributed by atoms with Gasteiger partial charge in [-0.25, -0.2) is 0 Å². The smallest absolute Gasteiger partial charge is 0.149 e. The molecule has 66 valence electrons. The maximum absolute atomic E-state index is 5.80. The first-order valence-corrected chi connectivity index (χ1v) is 4.86. The SMILES string of the molecule is Cc1nnc(-c2cncc(Cl)c2)s1. The van der Waals surface area contributed by atoms with Gasteiger partial charge in [-0.15, -0.1) is 10.2 Å². The van der Waals surface area contributed by atoms with Crippen LogP contribution in [0.3, 0.4) is 0 Å². The van der Waals surface area contributed by atoms with Gasteiger partial charge in [0.1, 0.15) is 10.0 Å². The number of aromatic nitrogens is 3. The molecule has 0 spiro atoms. The molecule has 0 bridgehead atoms. The van der Waals surface area contributed by atoms with Crippen LogP contribution < -0.4 is 0 Å². The van der Waals surface area contributed by atoms with Crippen molar-refractivity contribution in [3.8, 4) is 10.6 Å². The monoisotopic (exact) mass is 211 g/mol. The summed E-state index contributed by atoms with van der Waals surface area (Å²) in [6.45, 7) is 1.92. The van der Waals surface area contributed by atoms with Crippen molar-refractivity contribution in [2.75, 3.05) is 0 Å². The van der Waals surface area contributed by atoms with Crippen LogP contribution in [0.1, 0.15) is 5.01 Å². The summed E-state index contributed by atoms with van der Waals surface area (Å²) >= 11 is 7.32. The Bertz CT molecular complexity index is 427. The molecule has 13 heavy (non-hydrogen) atoms. The molecule has 0 saturated heterocycles. The first-order valence-electron chi connectivity index (χ1n) is 3.67. The molecule has 0 aromatic carbocycles. The Balaban J connectivity index is 2.46. The zero-order chi connectivity index (χ0) is 9.26. The summed E-state index contributed by atoms with van der Waals surface area (Å²) in [6, 6.07) is 1.83. The number of aryl methyl sites for hydroxylation is 1.